The minimum atomic E-state index is 0.0968. The first-order chi connectivity index (χ1) is 7.63. The van der Waals surface area contributed by atoms with Crippen molar-refractivity contribution in [2.75, 3.05) is 18.0 Å². The first kappa shape index (κ1) is 11.3. The van der Waals surface area contributed by atoms with Gasteiger partial charge in [-0.15, -0.1) is 0 Å². The van der Waals surface area contributed by atoms with Crippen LogP contribution in [0.1, 0.15) is 17.3 Å². The Morgan fingerprint density at radius 2 is 2.25 bits per heavy atom. The van der Waals surface area contributed by atoms with Crippen LogP contribution >= 0.6 is 15.9 Å². The van der Waals surface area contributed by atoms with Crippen LogP contribution in [0.15, 0.2) is 16.9 Å². The van der Waals surface area contributed by atoms with Gasteiger partial charge in [0.05, 0.1) is 21.6 Å². The van der Waals surface area contributed by atoms with E-state index in [0.29, 0.717) is 18.7 Å². The summed E-state index contributed by atoms with van der Waals surface area (Å²) in [6.45, 7) is 2.96. The number of hydrogen-bond donors (Lipinski definition) is 0. The molecule has 0 N–H and O–H groups in total. The molecule has 2 rings (SSSR count). The van der Waals surface area contributed by atoms with Crippen LogP contribution in [0.25, 0.3) is 0 Å². The molecular weight excluding hydrogens is 272 g/mol. The number of hydrogen-bond acceptors (Lipinski definition) is 4. The van der Waals surface area contributed by atoms with Crippen molar-refractivity contribution in [3.05, 3.63) is 22.4 Å². The van der Waals surface area contributed by atoms with Gasteiger partial charge in [-0.3, -0.25) is 14.6 Å². The van der Waals surface area contributed by atoms with E-state index >= 15 is 0 Å². The Hall–Kier alpha value is -1.23. The van der Waals surface area contributed by atoms with Gasteiger partial charge in [-0.2, -0.15) is 0 Å². The number of carbonyl (C=O) groups excluding carboxylic acids is 2. The zero-order valence-electron chi connectivity index (χ0n) is 8.81. The van der Waals surface area contributed by atoms with Crippen LogP contribution in [0.4, 0.5) is 5.69 Å². The number of carbonyl (C=O) groups is 2. The molecule has 0 unspecified atom stereocenters. The first-order valence-electron chi connectivity index (χ1n) is 4.97. The van der Waals surface area contributed by atoms with Crippen LogP contribution in [-0.4, -0.2) is 30.1 Å². The molecular formula is C11H11BrN2O2. The van der Waals surface area contributed by atoms with Crippen LogP contribution in [0.5, 0.6) is 0 Å². The zero-order valence-corrected chi connectivity index (χ0v) is 10.4. The Bertz CT molecular complexity index is 442. The lowest BCUT2D eigenvalue weighted by atomic mass is 9.95. The van der Waals surface area contributed by atoms with E-state index in [1.165, 1.54) is 6.20 Å². The van der Waals surface area contributed by atoms with Gasteiger partial charge in [0.25, 0.3) is 0 Å². The number of Topliss-reactive ketones (excluding diaryl/α,β-unsaturated/α-hetero) is 1. The van der Waals surface area contributed by atoms with E-state index < -0.39 is 0 Å². The minimum absolute atomic E-state index is 0.0968. The Labute approximate surface area is 102 Å². The highest BCUT2D eigenvalue weighted by molar-refractivity contribution is 9.10. The smallest absolute Gasteiger partial charge is 0.153 e. The summed E-state index contributed by atoms with van der Waals surface area (Å²) in [5.74, 6) is 0.300. The summed E-state index contributed by atoms with van der Waals surface area (Å²) < 4.78 is 0.791. The quantitative estimate of drug-likeness (QED) is 0.792. The second kappa shape index (κ2) is 4.33. The third kappa shape index (κ3) is 1.87. The topological polar surface area (TPSA) is 50.3 Å². The molecule has 1 aromatic heterocycles. The molecule has 1 saturated heterocycles. The molecule has 0 bridgehead atoms. The Morgan fingerprint density at radius 1 is 1.56 bits per heavy atom. The van der Waals surface area contributed by atoms with Gasteiger partial charge in [-0.05, 0) is 22.9 Å². The van der Waals surface area contributed by atoms with E-state index in [1.807, 2.05) is 4.90 Å². The van der Waals surface area contributed by atoms with Gasteiger partial charge in [0.2, 0.25) is 0 Å². The molecule has 4 nitrogen and oxygen atoms in total. The Morgan fingerprint density at radius 3 is 2.81 bits per heavy atom. The molecule has 1 aliphatic heterocycles. The van der Waals surface area contributed by atoms with Crippen molar-refractivity contribution in [2.24, 2.45) is 5.92 Å². The number of anilines is 1. The van der Waals surface area contributed by atoms with Crippen molar-refractivity contribution < 1.29 is 9.59 Å². The second-order valence-corrected chi connectivity index (χ2v) is 4.74. The van der Waals surface area contributed by atoms with E-state index in [4.69, 9.17) is 0 Å². The fraction of sp³-hybridized carbons (Fsp3) is 0.364. The summed E-state index contributed by atoms with van der Waals surface area (Å²) in [5.41, 5.74) is 1.39. The summed E-state index contributed by atoms with van der Waals surface area (Å²) in [7, 11) is 0. The third-order valence-electron chi connectivity index (χ3n) is 2.80. The van der Waals surface area contributed by atoms with E-state index in [1.54, 1.807) is 13.1 Å². The van der Waals surface area contributed by atoms with Crippen molar-refractivity contribution in [1.82, 2.24) is 4.98 Å². The molecule has 0 atom stereocenters. The number of pyridine rings is 1. The molecule has 84 valence electrons. The second-order valence-electron chi connectivity index (χ2n) is 3.89. The molecule has 0 spiro atoms. The molecule has 0 aliphatic carbocycles. The molecule has 0 saturated carbocycles. The largest absolute Gasteiger partial charge is 0.368 e. The van der Waals surface area contributed by atoms with Crippen LogP contribution in [-0.2, 0) is 4.79 Å². The highest BCUT2D eigenvalue weighted by Gasteiger charge is 2.32. The molecule has 2 heterocycles. The van der Waals surface area contributed by atoms with E-state index in [0.717, 1.165) is 16.4 Å². The first-order valence-corrected chi connectivity index (χ1v) is 5.77. The molecule has 16 heavy (non-hydrogen) atoms. The molecule has 1 fully saturated rings. The van der Waals surface area contributed by atoms with Gasteiger partial charge >= 0.3 is 0 Å². The predicted octanol–water partition coefficient (Wildman–Crippen LogP) is 1.68. The number of aromatic nitrogens is 1. The maximum absolute atomic E-state index is 11.1. The summed E-state index contributed by atoms with van der Waals surface area (Å²) >= 11 is 3.37. The lowest BCUT2D eigenvalue weighted by Gasteiger charge is -2.40. The summed E-state index contributed by atoms with van der Waals surface area (Å²) in [6, 6.07) is 0. The lowest BCUT2D eigenvalue weighted by molar-refractivity contribution is -0.121. The lowest BCUT2D eigenvalue weighted by Crippen LogP contribution is -2.50. The van der Waals surface area contributed by atoms with Gasteiger partial charge < -0.3 is 4.90 Å². The molecule has 0 aromatic carbocycles. The molecule has 0 amide bonds. The average Bonchev–Trinajstić information content (AvgIpc) is 2.17. The Kier molecular flexibility index (Phi) is 3.05. The van der Waals surface area contributed by atoms with Crippen molar-refractivity contribution >= 4 is 33.7 Å². The number of rotatable bonds is 3. The van der Waals surface area contributed by atoms with Gasteiger partial charge in [-0.1, -0.05) is 0 Å². The van der Waals surface area contributed by atoms with E-state index in [9.17, 15) is 9.59 Å². The normalized spacial score (nSPS) is 15.8. The molecule has 1 aromatic rings. The molecule has 5 heteroatoms. The summed E-state index contributed by atoms with van der Waals surface area (Å²) in [5, 5.41) is 0. The monoisotopic (exact) mass is 282 g/mol. The number of nitrogens with zero attached hydrogens (tertiary/aromatic N) is 2. The maximum atomic E-state index is 11.1. The Balaban J connectivity index is 2.23. The van der Waals surface area contributed by atoms with Crippen molar-refractivity contribution in [1.29, 1.82) is 0 Å². The predicted molar refractivity (Wildman–Crippen MR) is 63.7 cm³/mol. The SMILES string of the molecule is CC(=O)C1CN(c2c(Br)cncc2C=O)C1. The zero-order chi connectivity index (χ0) is 11.7. The van der Waals surface area contributed by atoms with Gasteiger partial charge in [0, 0.05) is 25.5 Å². The summed E-state index contributed by atoms with van der Waals surface area (Å²) in [4.78, 5) is 28.0. The van der Waals surface area contributed by atoms with Crippen molar-refractivity contribution in [3.63, 3.8) is 0 Å². The van der Waals surface area contributed by atoms with Gasteiger partial charge in [-0.25, -0.2) is 0 Å². The third-order valence-corrected chi connectivity index (χ3v) is 3.38. The van der Waals surface area contributed by atoms with Crippen LogP contribution in [0.2, 0.25) is 0 Å². The van der Waals surface area contributed by atoms with Crippen LogP contribution < -0.4 is 4.90 Å². The van der Waals surface area contributed by atoms with Crippen LogP contribution in [0.3, 0.4) is 0 Å². The van der Waals surface area contributed by atoms with Crippen molar-refractivity contribution in [3.8, 4) is 0 Å². The van der Waals surface area contributed by atoms with E-state index in [-0.39, 0.29) is 11.7 Å². The highest BCUT2D eigenvalue weighted by atomic mass is 79.9. The average molecular weight is 283 g/mol. The van der Waals surface area contributed by atoms with E-state index in [2.05, 4.69) is 20.9 Å². The number of halogens is 1. The number of ketones is 1. The molecule has 0 radical (unpaired) electrons. The highest BCUT2D eigenvalue weighted by Crippen LogP contribution is 2.33. The van der Waals surface area contributed by atoms with Gasteiger partial charge in [0.15, 0.2) is 6.29 Å². The fourth-order valence-corrected chi connectivity index (χ4v) is 2.38. The standard InChI is InChI=1S/C11H11BrN2O2/c1-7(16)9-4-14(5-9)11-8(6-15)2-13-3-10(11)12/h2-3,6,9H,4-5H2,1H3. The molecule has 1 aliphatic rings. The minimum Gasteiger partial charge on any atom is -0.368 e. The van der Waals surface area contributed by atoms with Crippen LogP contribution in [0, 0.1) is 5.92 Å². The number of aldehydes is 1. The van der Waals surface area contributed by atoms with Crippen molar-refractivity contribution in [2.45, 2.75) is 6.92 Å². The fourth-order valence-electron chi connectivity index (χ4n) is 1.78. The maximum Gasteiger partial charge on any atom is 0.153 e. The summed E-state index contributed by atoms with van der Waals surface area (Å²) in [6.07, 6.45) is 3.98. The van der Waals surface area contributed by atoms with Gasteiger partial charge in [0.1, 0.15) is 5.78 Å².